The lowest BCUT2D eigenvalue weighted by molar-refractivity contribution is -0.123. The third-order valence-corrected chi connectivity index (χ3v) is 4.38. The highest BCUT2D eigenvalue weighted by Gasteiger charge is 2.28. The average Bonchev–Trinajstić information content (AvgIpc) is 3.00. The number of nitrogens with one attached hydrogen (secondary N) is 2. The van der Waals surface area contributed by atoms with Crippen LogP contribution in [0.3, 0.4) is 0 Å². The van der Waals surface area contributed by atoms with E-state index < -0.39 is 17.6 Å². The number of benzene rings is 1. The number of nitrogens with zero attached hydrogens (tertiary/aromatic N) is 3. The number of hydrogen-bond donors (Lipinski definition) is 2. The molecular formula is C18H21N5O5S. The molecule has 29 heavy (non-hydrogen) atoms. The molecule has 11 heteroatoms. The maximum Gasteiger partial charge on any atom is 0.412 e. The smallest absolute Gasteiger partial charge is 0.412 e. The van der Waals surface area contributed by atoms with Gasteiger partial charge in [-0.15, -0.1) is 10.2 Å². The van der Waals surface area contributed by atoms with E-state index in [1.807, 2.05) is 0 Å². The third-order valence-electron chi connectivity index (χ3n) is 3.62. The molecule has 2 heterocycles. The van der Waals surface area contributed by atoms with Gasteiger partial charge >= 0.3 is 6.09 Å². The van der Waals surface area contributed by atoms with E-state index in [1.165, 1.54) is 16.2 Å². The van der Waals surface area contributed by atoms with Crippen LogP contribution < -0.4 is 20.3 Å². The van der Waals surface area contributed by atoms with Gasteiger partial charge in [-0.1, -0.05) is 11.3 Å². The zero-order chi connectivity index (χ0) is 21.2. The van der Waals surface area contributed by atoms with Crippen molar-refractivity contribution in [1.82, 2.24) is 10.2 Å². The Morgan fingerprint density at radius 3 is 2.69 bits per heavy atom. The van der Waals surface area contributed by atoms with Gasteiger partial charge in [0.15, 0.2) is 6.61 Å². The summed E-state index contributed by atoms with van der Waals surface area (Å²) >= 11 is 1.23. The van der Waals surface area contributed by atoms with E-state index in [0.717, 1.165) is 0 Å². The Labute approximate surface area is 171 Å². The molecular weight excluding hydrogens is 398 g/mol. The lowest BCUT2D eigenvalue weighted by Crippen LogP contribution is -2.43. The zero-order valence-electron chi connectivity index (χ0n) is 16.4. The Morgan fingerprint density at radius 2 is 2.03 bits per heavy atom. The quantitative estimate of drug-likeness (QED) is 0.781. The standard InChI is InChI=1S/C18H21N5O5S/c1-10-21-22-16(29-10)20-14(24)8-23-12-7-11(19-17(26)28-18(2,3)4)5-6-13(12)27-9-15(23)25/h5-7H,8-9H2,1-4H3,(H,19,26)(H,20,22,24). The molecule has 0 radical (unpaired) electrons. The average molecular weight is 419 g/mol. The molecule has 0 atom stereocenters. The van der Waals surface area contributed by atoms with Crippen LogP contribution in [0, 0.1) is 6.92 Å². The van der Waals surface area contributed by atoms with Crippen molar-refractivity contribution in [3.8, 4) is 5.75 Å². The fourth-order valence-corrected chi connectivity index (χ4v) is 3.13. The lowest BCUT2D eigenvalue weighted by Gasteiger charge is -2.29. The number of aromatic nitrogens is 2. The van der Waals surface area contributed by atoms with E-state index in [-0.39, 0.29) is 19.1 Å². The summed E-state index contributed by atoms with van der Waals surface area (Å²) in [6.07, 6.45) is -0.628. The van der Waals surface area contributed by atoms with Gasteiger partial charge in [0.25, 0.3) is 5.91 Å². The highest BCUT2D eigenvalue weighted by atomic mass is 32.1. The predicted octanol–water partition coefficient (Wildman–Crippen LogP) is 2.56. The molecule has 0 fully saturated rings. The number of fused-ring (bicyclic) bond motifs is 1. The second kappa shape index (κ2) is 8.03. The number of ether oxygens (including phenoxy) is 2. The molecule has 1 aromatic heterocycles. The molecule has 1 aliphatic rings. The van der Waals surface area contributed by atoms with E-state index in [4.69, 9.17) is 9.47 Å². The van der Waals surface area contributed by atoms with Crippen LogP contribution in [0.4, 0.5) is 21.3 Å². The summed E-state index contributed by atoms with van der Waals surface area (Å²) in [6.45, 7) is 6.62. The van der Waals surface area contributed by atoms with Crippen LogP contribution in [0.1, 0.15) is 25.8 Å². The number of rotatable bonds is 4. The van der Waals surface area contributed by atoms with E-state index in [2.05, 4.69) is 20.8 Å². The number of anilines is 3. The second-order valence-electron chi connectivity index (χ2n) is 7.25. The van der Waals surface area contributed by atoms with Crippen LogP contribution in [0.2, 0.25) is 0 Å². The van der Waals surface area contributed by atoms with E-state index in [0.29, 0.717) is 27.3 Å². The molecule has 3 amide bonds. The number of carbonyl (C=O) groups excluding carboxylic acids is 3. The van der Waals surface area contributed by atoms with Crippen molar-refractivity contribution in [2.24, 2.45) is 0 Å². The van der Waals surface area contributed by atoms with Gasteiger partial charge < -0.3 is 9.47 Å². The number of amides is 3. The molecule has 1 aromatic carbocycles. The van der Waals surface area contributed by atoms with Crippen molar-refractivity contribution in [2.45, 2.75) is 33.3 Å². The molecule has 0 spiro atoms. The minimum atomic E-state index is -0.648. The number of aryl methyl sites for hydroxylation is 1. The van der Waals surface area contributed by atoms with Gasteiger partial charge in [0.2, 0.25) is 11.0 Å². The van der Waals surface area contributed by atoms with Gasteiger partial charge in [0.05, 0.1) is 5.69 Å². The molecule has 10 nitrogen and oxygen atoms in total. The minimum absolute atomic E-state index is 0.183. The van der Waals surface area contributed by atoms with Crippen molar-refractivity contribution in [3.05, 3.63) is 23.2 Å². The Bertz CT molecular complexity index is 952. The Balaban J connectivity index is 1.75. The number of hydrogen-bond acceptors (Lipinski definition) is 8. The second-order valence-corrected chi connectivity index (χ2v) is 8.43. The maximum absolute atomic E-state index is 12.4. The molecule has 0 unspecified atom stereocenters. The fraction of sp³-hybridized carbons (Fsp3) is 0.389. The van der Waals surface area contributed by atoms with Crippen LogP contribution in [-0.4, -0.2) is 46.9 Å². The molecule has 0 saturated carbocycles. The van der Waals surface area contributed by atoms with Gasteiger partial charge in [-0.05, 0) is 45.9 Å². The summed E-state index contributed by atoms with van der Waals surface area (Å²) in [6, 6.07) is 4.80. The highest BCUT2D eigenvalue weighted by molar-refractivity contribution is 7.15. The summed E-state index contributed by atoms with van der Waals surface area (Å²) < 4.78 is 10.7. The maximum atomic E-state index is 12.4. The number of carbonyl (C=O) groups is 3. The van der Waals surface area contributed by atoms with Gasteiger partial charge in [0.1, 0.15) is 22.9 Å². The summed E-state index contributed by atoms with van der Waals surface area (Å²) in [5.74, 6) is -0.373. The minimum Gasteiger partial charge on any atom is -0.482 e. The van der Waals surface area contributed by atoms with Crippen molar-refractivity contribution >= 4 is 45.8 Å². The Kier molecular flexibility index (Phi) is 5.69. The zero-order valence-corrected chi connectivity index (χ0v) is 17.3. The molecule has 2 aromatic rings. The van der Waals surface area contributed by atoms with Crippen molar-refractivity contribution < 1.29 is 23.9 Å². The SMILES string of the molecule is Cc1nnc(NC(=O)CN2C(=O)COc3ccc(NC(=O)OC(C)(C)C)cc32)s1. The summed E-state index contributed by atoms with van der Waals surface area (Å²) in [4.78, 5) is 38.0. The van der Waals surface area contributed by atoms with Crippen LogP contribution in [-0.2, 0) is 14.3 Å². The first-order chi connectivity index (χ1) is 13.6. The van der Waals surface area contributed by atoms with Gasteiger partial charge in [-0.3, -0.25) is 25.1 Å². The summed E-state index contributed by atoms with van der Waals surface area (Å²) in [5.41, 5.74) is 0.129. The van der Waals surface area contributed by atoms with E-state index >= 15 is 0 Å². The van der Waals surface area contributed by atoms with Crippen molar-refractivity contribution in [2.75, 3.05) is 28.7 Å². The topological polar surface area (TPSA) is 123 Å². The van der Waals surface area contributed by atoms with Crippen LogP contribution >= 0.6 is 11.3 Å². The third kappa shape index (κ3) is 5.41. The lowest BCUT2D eigenvalue weighted by atomic mass is 10.2. The first-order valence-corrected chi connectivity index (χ1v) is 9.59. The van der Waals surface area contributed by atoms with E-state index in [9.17, 15) is 14.4 Å². The summed E-state index contributed by atoms with van der Waals surface area (Å²) in [5, 5.41) is 14.0. The first kappa shape index (κ1) is 20.5. The molecule has 3 rings (SSSR count). The molecule has 1 aliphatic heterocycles. The Hall–Kier alpha value is -3.21. The normalized spacial score (nSPS) is 13.4. The van der Waals surface area contributed by atoms with E-state index in [1.54, 1.807) is 45.9 Å². The van der Waals surface area contributed by atoms with Crippen LogP contribution in [0.15, 0.2) is 18.2 Å². The molecule has 0 bridgehead atoms. The van der Waals surface area contributed by atoms with Gasteiger partial charge in [0, 0.05) is 5.69 Å². The molecule has 0 saturated heterocycles. The van der Waals surface area contributed by atoms with Gasteiger partial charge in [-0.2, -0.15) is 0 Å². The predicted molar refractivity (Wildman–Crippen MR) is 107 cm³/mol. The van der Waals surface area contributed by atoms with Crippen LogP contribution in [0.25, 0.3) is 0 Å². The van der Waals surface area contributed by atoms with Gasteiger partial charge in [-0.25, -0.2) is 4.79 Å². The molecule has 2 N–H and O–H groups in total. The highest BCUT2D eigenvalue weighted by Crippen LogP contribution is 2.34. The van der Waals surface area contributed by atoms with Crippen LogP contribution in [0.5, 0.6) is 5.75 Å². The Morgan fingerprint density at radius 1 is 1.28 bits per heavy atom. The van der Waals surface area contributed by atoms with Crippen molar-refractivity contribution in [1.29, 1.82) is 0 Å². The summed E-state index contributed by atoms with van der Waals surface area (Å²) in [7, 11) is 0. The largest absolute Gasteiger partial charge is 0.482 e. The monoisotopic (exact) mass is 419 g/mol. The first-order valence-electron chi connectivity index (χ1n) is 8.78. The molecule has 154 valence electrons. The fourth-order valence-electron chi connectivity index (χ4n) is 2.52. The van der Waals surface area contributed by atoms with Crippen molar-refractivity contribution in [3.63, 3.8) is 0 Å². The molecule has 0 aliphatic carbocycles.